The molecule has 1 heterocycles. The Bertz CT molecular complexity index is 642. The van der Waals surface area contributed by atoms with E-state index in [1.165, 1.54) is 12.1 Å². The molecule has 1 aromatic carbocycles. The summed E-state index contributed by atoms with van der Waals surface area (Å²) in [6.07, 6.45) is -2.84. The molecule has 0 aromatic heterocycles. The van der Waals surface area contributed by atoms with Crippen LogP contribution in [-0.4, -0.2) is 30.4 Å². The maximum absolute atomic E-state index is 13.1. The fourth-order valence-corrected chi connectivity index (χ4v) is 2.95. The number of carbonyl (C=O) groups is 1. The molecule has 130 valence electrons. The van der Waals surface area contributed by atoms with E-state index < -0.39 is 23.6 Å². The minimum atomic E-state index is -4.60. The summed E-state index contributed by atoms with van der Waals surface area (Å²) < 4.78 is 39.2. The quantitative estimate of drug-likeness (QED) is 0.886. The molecule has 8 heteroatoms. The first-order valence-electron chi connectivity index (χ1n) is 7.58. The standard InChI is InChI=1S/C16H17ClF3N3O/c17-12-4-5-14(13(9-12)16(18,19)20)22-15(24)11-3-1-7-23(10-11)8-2-6-21/h4-5,9,11H,1-3,7-8,10H2,(H,22,24). The van der Waals surface area contributed by atoms with Crippen LogP contribution in [0.3, 0.4) is 0 Å². The highest BCUT2D eigenvalue weighted by molar-refractivity contribution is 6.30. The van der Waals surface area contributed by atoms with Crippen LogP contribution in [0.4, 0.5) is 18.9 Å². The molecule has 0 saturated carbocycles. The van der Waals surface area contributed by atoms with Gasteiger partial charge in [0, 0.05) is 24.5 Å². The lowest BCUT2D eigenvalue weighted by Gasteiger charge is -2.31. The van der Waals surface area contributed by atoms with Crippen molar-refractivity contribution in [3.8, 4) is 6.07 Å². The Labute approximate surface area is 143 Å². The number of carbonyl (C=O) groups excluding carboxylic acids is 1. The molecule has 2 rings (SSSR count). The van der Waals surface area contributed by atoms with E-state index in [-0.39, 0.29) is 10.7 Å². The molecular formula is C16H17ClF3N3O. The van der Waals surface area contributed by atoms with E-state index in [1.54, 1.807) is 0 Å². The first kappa shape index (κ1) is 18.6. The number of likely N-dealkylation sites (tertiary alicyclic amines) is 1. The summed E-state index contributed by atoms with van der Waals surface area (Å²) in [5, 5.41) is 11.0. The van der Waals surface area contributed by atoms with Crippen LogP contribution in [0.25, 0.3) is 0 Å². The van der Waals surface area contributed by atoms with E-state index in [2.05, 4.69) is 5.32 Å². The Morgan fingerprint density at radius 3 is 2.88 bits per heavy atom. The van der Waals surface area contributed by atoms with Gasteiger partial charge in [0.2, 0.25) is 5.91 Å². The van der Waals surface area contributed by atoms with Crippen molar-refractivity contribution >= 4 is 23.2 Å². The van der Waals surface area contributed by atoms with Crippen molar-refractivity contribution in [1.29, 1.82) is 5.26 Å². The number of anilines is 1. The monoisotopic (exact) mass is 359 g/mol. The molecule has 1 saturated heterocycles. The predicted molar refractivity (Wildman–Crippen MR) is 84.5 cm³/mol. The van der Waals surface area contributed by atoms with Gasteiger partial charge in [0.25, 0.3) is 0 Å². The molecule has 1 aliphatic heterocycles. The number of nitriles is 1. The highest BCUT2D eigenvalue weighted by atomic mass is 35.5. The van der Waals surface area contributed by atoms with Gasteiger partial charge in [-0.2, -0.15) is 18.4 Å². The summed E-state index contributed by atoms with van der Waals surface area (Å²) in [5.74, 6) is -0.835. The topological polar surface area (TPSA) is 56.1 Å². The number of piperidine rings is 1. The Hall–Kier alpha value is -1.78. The summed E-state index contributed by atoms with van der Waals surface area (Å²) in [5.41, 5.74) is -1.24. The van der Waals surface area contributed by atoms with Crippen LogP contribution in [0.1, 0.15) is 24.8 Å². The number of amides is 1. The maximum Gasteiger partial charge on any atom is 0.418 e. The molecule has 0 aliphatic carbocycles. The highest BCUT2D eigenvalue weighted by Gasteiger charge is 2.35. The van der Waals surface area contributed by atoms with E-state index >= 15 is 0 Å². The molecule has 1 amide bonds. The normalized spacial score (nSPS) is 18.9. The largest absolute Gasteiger partial charge is 0.418 e. The second-order valence-corrected chi connectivity index (χ2v) is 6.16. The fraction of sp³-hybridized carbons (Fsp3) is 0.500. The zero-order valence-electron chi connectivity index (χ0n) is 12.9. The maximum atomic E-state index is 13.1. The van der Waals surface area contributed by atoms with Crippen molar-refractivity contribution < 1.29 is 18.0 Å². The van der Waals surface area contributed by atoms with Crippen molar-refractivity contribution in [3.63, 3.8) is 0 Å². The first-order valence-corrected chi connectivity index (χ1v) is 7.96. The Kier molecular flexibility index (Phi) is 6.08. The lowest BCUT2D eigenvalue weighted by atomic mass is 9.96. The first-order chi connectivity index (χ1) is 11.3. The number of nitrogens with zero attached hydrogens (tertiary/aromatic N) is 2. The molecule has 1 N–H and O–H groups in total. The number of alkyl halides is 3. The van der Waals surface area contributed by atoms with E-state index in [0.29, 0.717) is 25.9 Å². The van der Waals surface area contributed by atoms with Gasteiger partial charge in [-0.15, -0.1) is 0 Å². The average Bonchev–Trinajstić information content (AvgIpc) is 2.54. The van der Waals surface area contributed by atoms with Crippen LogP contribution >= 0.6 is 11.6 Å². The molecule has 0 radical (unpaired) electrons. The Balaban J connectivity index is 2.08. The number of hydrogen-bond acceptors (Lipinski definition) is 3. The van der Waals surface area contributed by atoms with Crippen LogP contribution in [0.5, 0.6) is 0 Å². The van der Waals surface area contributed by atoms with Gasteiger partial charge < -0.3 is 10.2 Å². The number of halogens is 4. The summed E-state index contributed by atoms with van der Waals surface area (Å²) >= 11 is 5.63. The zero-order chi connectivity index (χ0) is 17.7. The Morgan fingerprint density at radius 1 is 1.46 bits per heavy atom. The smallest absolute Gasteiger partial charge is 0.325 e. The fourth-order valence-electron chi connectivity index (χ4n) is 2.78. The minimum Gasteiger partial charge on any atom is -0.325 e. The summed E-state index contributed by atoms with van der Waals surface area (Å²) in [6, 6.07) is 5.33. The van der Waals surface area contributed by atoms with E-state index in [9.17, 15) is 18.0 Å². The van der Waals surface area contributed by atoms with Crippen molar-refractivity contribution in [2.45, 2.75) is 25.4 Å². The highest BCUT2D eigenvalue weighted by Crippen LogP contribution is 2.36. The van der Waals surface area contributed by atoms with Crippen molar-refractivity contribution in [2.24, 2.45) is 5.92 Å². The average molecular weight is 360 g/mol. The number of hydrogen-bond donors (Lipinski definition) is 1. The van der Waals surface area contributed by atoms with Gasteiger partial charge in [-0.1, -0.05) is 11.6 Å². The lowest BCUT2D eigenvalue weighted by Crippen LogP contribution is -2.41. The van der Waals surface area contributed by atoms with Gasteiger partial charge in [0.15, 0.2) is 0 Å². The molecule has 1 unspecified atom stereocenters. The molecule has 0 bridgehead atoms. The lowest BCUT2D eigenvalue weighted by molar-refractivity contribution is -0.137. The SMILES string of the molecule is N#CCCN1CCCC(C(=O)Nc2ccc(Cl)cc2C(F)(F)F)C1. The molecule has 0 spiro atoms. The molecule has 1 atom stereocenters. The molecular weight excluding hydrogens is 343 g/mol. The predicted octanol–water partition coefficient (Wildman–Crippen LogP) is 3.92. The third-order valence-corrected chi connectivity index (χ3v) is 4.20. The van der Waals surface area contributed by atoms with Gasteiger partial charge in [-0.25, -0.2) is 0 Å². The molecule has 1 aromatic rings. The Morgan fingerprint density at radius 2 is 2.21 bits per heavy atom. The van der Waals surface area contributed by atoms with Gasteiger partial charge in [-0.05, 0) is 37.6 Å². The van der Waals surface area contributed by atoms with E-state index in [0.717, 1.165) is 19.0 Å². The third-order valence-electron chi connectivity index (χ3n) is 3.96. The summed E-state index contributed by atoms with van der Waals surface area (Å²) in [6.45, 7) is 1.80. The number of rotatable bonds is 4. The third kappa shape index (κ3) is 4.86. The van der Waals surface area contributed by atoms with Gasteiger partial charge >= 0.3 is 6.18 Å². The van der Waals surface area contributed by atoms with Crippen molar-refractivity contribution in [1.82, 2.24) is 4.90 Å². The molecule has 4 nitrogen and oxygen atoms in total. The summed E-state index contributed by atoms with van der Waals surface area (Å²) in [4.78, 5) is 14.3. The van der Waals surface area contributed by atoms with Crippen molar-refractivity contribution in [2.75, 3.05) is 25.0 Å². The van der Waals surface area contributed by atoms with Gasteiger partial charge in [0.05, 0.1) is 23.2 Å². The number of benzene rings is 1. The molecule has 1 aliphatic rings. The molecule has 24 heavy (non-hydrogen) atoms. The van der Waals surface area contributed by atoms with Crippen LogP contribution in [-0.2, 0) is 11.0 Å². The van der Waals surface area contributed by atoms with E-state index in [4.69, 9.17) is 16.9 Å². The van der Waals surface area contributed by atoms with Gasteiger partial charge in [-0.3, -0.25) is 4.79 Å². The van der Waals surface area contributed by atoms with E-state index in [1.807, 2.05) is 11.0 Å². The second-order valence-electron chi connectivity index (χ2n) is 5.72. The van der Waals surface area contributed by atoms with Crippen LogP contribution in [0, 0.1) is 17.2 Å². The van der Waals surface area contributed by atoms with Crippen molar-refractivity contribution in [3.05, 3.63) is 28.8 Å². The van der Waals surface area contributed by atoms with Gasteiger partial charge in [0.1, 0.15) is 0 Å². The van der Waals surface area contributed by atoms with Crippen LogP contribution in [0.2, 0.25) is 5.02 Å². The molecule has 1 fully saturated rings. The van der Waals surface area contributed by atoms with Crippen LogP contribution in [0.15, 0.2) is 18.2 Å². The van der Waals surface area contributed by atoms with Crippen LogP contribution < -0.4 is 5.32 Å². The minimum absolute atomic E-state index is 0.0410. The summed E-state index contributed by atoms with van der Waals surface area (Å²) in [7, 11) is 0. The second kappa shape index (κ2) is 7.86. The number of nitrogens with one attached hydrogen (secondary N) is 1. The zero-order valence-corrected chi connectivity index (χ0v) is 13.6.